The van der Waals surface area contributed by atoms with E-state index in [0.717, 1.165) is 28.1 Å². The van der Waals surface area contributed by atoms with Gasteiger partial charge in [-0.05, 0) is 56.2 Å². The lowest BCUT2D eigenvalue weighted by atomic mass is 10.1. The number of nitrogens with two attached hydrogens (primary N) is 1. The molecule has 3 N–H and O–H groups in total. The number of aryl methyl sites for hydroxylation is 2. The van der Waals surface area contributed by atoms with Crippen molar-refractivity contribution in [1.82, 2.24) is 14.6 Å². The van der Waals surface area contributed by atoms with Gasteiger partial charge in [0.15, 0.2) is 5.65 Å². The van der Waals surface area contributed by atoms with E-state index in [1.54, 1.807) is 4.52 Å². The van der Waals surface area contributed by atoms with Gasteiger partial charge in [-0.25, -0.2) is 9.50 Å². The molecule has 33 heavy (non-hydrogen) atoms. The van der Waals surface area contributed by atoms with Crippen molar-refractivity contribution >= 4 is 23.1 Å². The van der Waals surface area contributed by atoms with Gasteiger partial charge >= 0.3 is 0 Å². The van der Waals surface area contributed by atoms with Crippen LogP contribution in [-0.2, 0) is 11.2 Å². The lowest BCUT2D eigenvalue weighted by Crippen LogP contribution is -2.15. The van der Waals surface area contributed by atoms with Crippen LogP contribution < -0.4 is 11.1 Å². The zero-order valence-corrected chi connectivity index (χ0v) is 18.4. The van der Waals surface area contributed by atoms with E-state index in [4.69, 9.17) is 5.73 Å². The van der Waals surface area contributed by atoms with Crippen molar-refractivity contribution in [1.29, 1.82) is 0 Å². The summed E-state index contributed by atoms with van der Waals surface area (Å²) in [6.45, 7) is 3.74. The Labute approximate surface area is 191 Å². The minimum absolute atomic E-state index is 0.111. The monoisotopic (exact) mass is 437 g/mol. The second-order valence-electron chi connectivity index (χ2n) is 7.66. The van der Waals surface area contributed by atoms with Crippen LogP contribution in [-0.4, -0.2) is 26.4 Å². The summed E-state index contributed by atoms with van der Waals surface area (Å²) in [6, 6.07) is 17.2. The molecule has 0 aliphatic rings. The van der Waals surface area contributed by atoms with Crippen LogP contribution in [0.2, 0.25) is 0 Å². The van der Waals surface area contributed by atoms with Crippen molar-refractivity contribution in [3.8, 4) is 11.8 Å². The van der Waals surface area contributed by atoms with E-state index in [-0.39, 0.29) is 17.9 Å². The molecule has 7 heteroatoms. The smallest absolute Gasteiger partial charge is 0.254 e. The van der Waals surface area contributed by atoms with Gasteiger partial charge < -0.3 is 11.1 Å². The second-order valence-corrected chi connectivity index (χ2v) is 7.66. The first-order valence-electron chi connectivity index (χ1n) is 10.5. The Kier molecular flexibility index (Phi) is 6.18. The van der Waals surface area contributed by atoms with E-state index in [1.807, 2.05) is 68.4 Å². The van der Waals surface area contributed by atoms with Crippen LogP contribution in [0.5, 0.6) is 0 Å². The van der Waals surface area contributed by atoms with Crippen molar-refractivity contribution in [2.45, 2.75) is 26.7 Å². The first kappa shape index (κ1) is 21.8. The minimum atomic E-state index is -0.570. The number of fused-ring (bicyclic) bond motifs is 1. The van der Waals surface area contributed by atoms with Crippen LogP contribution in [0.15, 0.2) is 60.8 Å². The zero-order valence-electron chi connectivity index (χ0n) is 18.4. The maximum absolute atomic E-state index is 12.6. The molecule has 4 rings (SSSR count). The van der Waals surface area contributed by atoms with Gasteiger partial charge in [-0.3, -0.25) is 9.59 Å². The SMILES string of the molecule is Cc1nc2c(C(N)=O)cnn2c(C)c1CCC(=O)Nc1cccc(C#Cc2ccccc2)c1. The summed E-state index contributed by atoms with van der Waals surface area (Å²) in [4.78, 5) is 28.7. The molecular weight excluding hydrogens is 414 g/mol. The van der Waals surface area contributed by atoms with Crippen LogP contribution in [0.1, 0.15) is 44.9 Å². The van der Waals surface area contributed by atoms with Gasteiger partial charge in [0.25, 0.3) is 5.91 Å². The molecule has 0 unspecified atom stereocenters. The van der Waals surface area contributed by atoms with Gasteiger partial charge in [0.05, 0.1) is 6.20 Å². The minimum Gasteiger partial charge on any atom is -0.365 e. The predicted molar refractivity (Wildman–Crippen MR) is 127 cm³/mol. The first-order chi connectivity index (χ1) is 15.9. The first-order valence-corrected chi connectivity index (χ1v) is 10.5. The number of aromatic nitrogens is 3. The van der Waals surface area contributed by atoms with E-state index < -0.39 is 5.91 Å². The van der Waals surface area contributed by atoms with E-state index in [0.29, 0.717) is 17.8 Å². The number of amides is 2. The number of anilines is 1. The molecule has 0 aliphatic carbocycles. The summed E-state index contributed by atoms with van der Waals surface area (Å²) in [5, 5.41) is 7.16. The third kappa shape index (κ3) is 4.91. The average Bonchev–Trinajstić information content (AvgIpc) is 3.23. The molecule has 0 saturated carbocycles. The van der Waals surface area contributed by atoms with Crippen molar-refractivity contribution in [2.75, 3.05) is 5.32 Å². The number of carbonyl (C=O) groups is 2. The van der Waals surface area contributed by atoms with Crippen LogP contribution in [0.25, 0.3) is 5.65 Å². The van der Waals surface area contributed by atoms with E-state index in [1.165, 1.54) is 6.20 Å². The Morgan fingerprint density at radius 2 is 1.76 bits per heavy atom. The van der Waals surface area contributed by atoms with E-state index in [2.05, 4.69) is 27.2 Å². The Morgan fingerprint density at radius 1 is 1.03 bits per heavy atom. The molecule has 2 aromatic carbocycles. The second kappa shape index (κ2) is 9.37. The molecule has 7 nitrogen and oxygen atoms in total. The lowest BCUT2D eigenvalue weighted by Gasteiger charge is -2.11. The molecule has 0 saturated heterocycles. The molecule has 0 aliphatic heterocycles. The third-order valence-electron chi connectivity index (χ3n) is 5.35. The quantitative estimate of drug-likeness (QED) is 0.467. The largest absolute Gasteiger partial charge is 0.365 e. The number of hydrogen-bond acceptors (Lipinski definition) is 4. The summed E-state index contributed by atoms with van der Waals surface area (Å²) in [7, 11) is 0. The molecule has 4 aromatic rings. The Bertz CT molecular complexity index is 1410. The Balaban J connectivity index is 1.44. The summed E-state index contributed by atoms with van der Waals surface area (Å²) >= 11 is 0. The van der Waals surface area contributed by atoms with Gasteiger partial charge in [-0.2, -0.15) is 5.10 Å². The number of primary amides is 1. The summed E-state index contributed by atoms with van der Waals surface area (Å²) in [5.41, 5.74) is 11.0. The maximum Gasteiger partial charge on any atom is 0.254 e. The molecule has 0 fully saturated rings. The summed E-state index contributed by atoms with van der Waals surface area (Å²) in [5.74, 6) is 5.56. The van der Waals surface area contributed by atoms with Crippen molar-refractivity contribution in [3.05, 3.63) is 94.4 Å². The predicted octanol–water partition coefficient (Wildman–Crippen LogP) is 3.42. The van der Waals surface area contributed by atoms with Crippen LogP contribution in [0.4, 0.5) is 5.69 Å². The third-order valence-corrected chi connectivity index (χ3v) is 5.35. The fourth-order valence-corrected chi connectivity index (χ4v) is 3.65. The number of hydrogen-bond donors (Lipinski definition) is 2. The van der Waals surface area contributed by atoms with Crippen LogP contribution in [0, 0.1) is 25.7 Å². The fraction of sp³-hybridized carbons (Fsp3) is 0.154. The standard InChI is InChI=1S/C26H23N5O2/c1-17-22(18(2)31-26(29-17)23(16-28-31)25(27)33)13-14-24(32)30-21-10-6-9-20(15-21)12-11-19-7-4-3-5-8-19/h3-10,15-16H,13-14H2,1-2H3,(H2,27,33)(H,30,32). The summed E-state index contributed by atoms with van der Waals surface area (Å²) in [6.07, 6.45) is 2.19. The van der Waals surface area contributed by atoms with Crippen molar-refractivity contribution in [2.24, 2.45) is 5.73 Å². The van der Waals surface area contributed by atoms with Crippen LogP contribution in [0.3, 0.4) is 0 Å². The molecular formula is C26H23N5O2. The Morgan fingerprint density at radius 3 is 2.52 bits per heavy atom. The highest BCUT2D eigenvalue weighted by atomic mass is 16.2. The summed E-state index contributed by atoms with van der Waals surface area (Å²) < 4.78 is 1.59. The molecule has 0 spiro atoms. The zero-order chi connectivity index (χ0) is 23.4. The molecule has 0 radical (unpaired) electrons. The highest BCUT2D eigenvalue weighted by molar-refractivity contribution is 5.98. The fourth-order valence-electron chi connectivity index (χ4n) is 3.65. The van der Waals surface area contributed by atoms with Gasteiger partial charge in [0.2, 0.25) is 5.91 Å². The number of nitrogens with zero attached hydrogens (tertiary/aromatic N) is 3. The average molecular weight is 438 g/mol. The van der Waals surface area contributed by atoms with Crippen molar-refractivity contribution in [3.63, 3.8) is 0 Å². The van der Waals surface area contributed by atoms with Gasteiger partial charge in [-0.1, -0.05) is 36.1 Å². The molecule has 0 atom stereocenters. The highest BCUT2D eigenvalue weighted by Gasteiger charge is 2.17. The number of benzene rings is 2. The lowest BCUT2D eigenvalue weighted by molar-refractivity contribution is -0.116. The number of rotatable bonds is 5. The van der Waals surface area contributed by atoms with Crippen molar-refractivity contribution < 1.29 is 9.59 Å². The maximum atomic E-state index is 12.6. The van der Waals surface area contributed by atoms with Gasteiger partial charge in [0.1, 0.15) is 5.56 Å². The number of carbonyl (C=O) groups excluding carboxylic acids is 2. The van der Waals surface area contributed by atoms with Gasteiger partial charge in [-0.15, -0.1) is 0 Å². The Hall–Kier alpha value is -4.44. The van der Waals surface area contributed by atoms with Crippen LogP contribution >= 0.6 is 0 Å². The van der Waals surface area contributed by atoms with Gasteiger partial charge in [0, 0.05) is 34.6 Å². The van der Waals surface area contributed by atoms with E-state index in [9.17, 15) is 9.59 Å². The number of nitrogens with one attached hydrogen (secondary N) is 1. The molecule has 2 amide bonds. The topological polar surface area (TPSA) is 102 Å². The molecule has 0 bridgehead atoms. The molecule has 2 aromatic heterocycles. The van der Waals surface area contributed by atoms with E-state index >= 15 is 0 Å². The molecule has 2 heterocycles. The highest BCUT2D eigenvalue weighted by Crippen LogP contribution is 2.19. The molecule has 164 valence electrons. The normalized spacial score (nSPS) is 10.5.